The Kier molecular flexibility index (Phi) is 2.10. The fourth-order valence-electron chi connectivity index (χ4n) is 2.65. The first-order chi connectivity index (χ1) is 6.16. The molecule has 0 unspecified atom stereocenters. The first kappa shape index (κ1) is 8.73. The van der Waals surface area contributed by atoms with Crippen molar-refractivity contribution in [2.24, 2.45) is 17.8 Å². The number of ether oxygens (including phenoxy) is 1. The van der Waals surface area contributed by atoms with Gasteiger partial charge in [0.2, 0.25) is 0 Å². The Morgan fingerprint density at radius 1 is 1.54 bits per heavy atom. The summed E-state index contributed by atoms with van der Waals surface area (Å²) in [6.07, 6.45) is 2.87. The van der Waals surface area contributed by atoms with Crippen LogP contribution in [0.1, 0.15) is 26.2 Å². The van der Waals surface area contributed by atoms with E-state index >= 15 is 0 Å². The molecule has 2 fully saturated rings. The molecule has 0 aromatic carbocycles. The number of carbonyl (C=O) groups is 2. The molecule has 0 aromatic heterocycles. The lowest BCUT2D eigenvalue weighted by Gasteiger charge is -2.19. The zero-order chi connectivity index (χ0) is 9.42. The summed E-state index contributed by atoms with van der Waals surface area (Å²) in [4.78, 5) is 21.9. The van der Waals surface area contributed by atoms with E-state index in [2.05, 4.69) is 0 Å². The first-order valence-corrected chi connectivity index (χ1v) is 4.83. The van der Waals surface area contributed by atoms with Crippen molar-refractivity contribution in [3.05, 3.63) is 0 Å². The van der Waals surface area contributed by atoms with Crippen molar-refractivity contribution in [3.63, 3.8) is 0 Å². The summed E-state index contributed by atoms with van der Waals surface area (Å²) in [6.45, 7) is 1.86. The van der Waals surface area contributed by atoms with E-state index in [-0.39, 0.29) is 11.9 Å². The molecule has 3 atom stereocenters. The van der Waals surface area contributed by atoms with Crippen LogP contribution in [0.2, 0.25) is 0 Å². The smallest absolute Gasteiger partial charge is 0.302 e. The van der Waals surface area contributed by atoms with Gasteiger partial charge in [-0.25, -0.2) is 0 Å². The molecule has 13 heavy (non-hydrogen) atoms. The van der Waals surface area contributed by atoms with Gasteiger partial charge in [0.15, 0.2) is 0 Å². The molecule has 2 saturated carbocycles. The van der Waals surface area contributed by atoms with Crippen LogP contribution < -0.4 is 0 Å². The lowest BCUT2D eigenvalue weighted by atomic mass is 9.88. The molecule has 0 heterocycles. The molecule has 0 N–H and O–H groups in total. The molecule has 2 rings (SSSR count). The Hall–Kier alpha value is -0.860. The second kappa shape index (κ2) is 3.13. The van der Waals surface area contributed by atoms with Crippen LogP contribution in [0, 0.1) is 17.8 Å². The minimum Gasteiger partial charge on any atom is -0.466 e. The van der Waals surface area contributed by atoms with Gasteiger partial charge in [0.1, 0.15) is 5.78 Å². The number of Topliss-reactive ketones (excluding diaryl/α,β-unsaturated/α-hetero) is 1. The van der Waals surface area contributed by atoms with Crippen molar-refractivity contribution in [2.75, 3.05) is 6.61 Å². The molecule has 3 heteroatoms. The lowest BCUT2D eigenvalue weighted by Crippen LogP contribution is -2.24. The largest absolute Gasteiger partial charge is 0.466 e. The molecule has 0 saturated heterocycles. The summed E-state index contributed by atoms with van der Waals surface area (Å²) in [5, 5.41) is 0. The monoisotopic (exact) mass is 182 g/mol. The molecule has 2 aliphatic carbocycles. The van der Waals surface area contributed by atoms with Crippen molar-refractivity contribution < 1.29 is 14.3 Å². The molecule has 0 radical (unpaired) electrons. The zero-order valence-electron chi connectivity index (χ0n) is 7.79. The predicted octanol–water partition coefficient (Wildman–Crippen LogP) is 1.16. The van der Waals surface area contributed by atoms with Crippen LogP contribution in [0.3, 0.4) is 0 Å². The molecule has 0 aliphatic heterocycles. The maximum Gasteiger partial charge on any atom is 0.302 e. The second-order valence-corrected chi connectivity index (χ2v) is 4.18. The van der Waals surface area contributed by atoms with Crippen molar-refractivity contribution in [2.45, 2.75) is 26.2 Å². The highest BCUT2D eigenvalue weighted by Gasteiger charge is 2.45. The highest BCUT2D eigenvalue weighted by molar-refractivity contribution is 5.84. The molecular formula is C10H14O3. The Morgan fingerprint density at radius 3 is 2.85 bits per heavy atom. The highest BCUT2D eigenvalue weighted by Crippen LogP contribution is 2.46. The molecule has 2 bridgehead atoms. The third-order valence-corrected chi connectivity index (χ3v) is 3.20. The van der Waals surface area contributed by atoms with Gasteiger partial charge in [-0.3, -0.25) is 9.59 Å². The fraction of sp³-hybridized carbons (Fsp3) is 0.800. The fourth-order valence-corrected chi connectivity index (χ4v) is 2.65. The number of esters is 1. The van der Waals surface area contributed by atoms with Crippen LogP contribution in [0.25, 0.3) is 0 Å². The number of carbonyl (C=O) groups excluding carboxylic acids is 2. The van der Waals surface area contributed by atoms with Gasteiger partial charge in [-0.2, -0.15) is 0 Å². The normalized spacial score (nSPS) is 36.7. The van der Waals surface area contributed by atoms with E-state index in [1.807, 2.05) is 0 Å². The maximum absolute atomic E-state index is 11.4. The van der Waals surface area contributed by atoms with Crippen molar-refractivity contribution in [1.29, 1.82) is 0 Å². The van der Waals surface area contributed by atoms with Gasteiger partial charge in [-0.05, 0) is 18.8 Å². The zero-order valence-corrected chi connectivity index (χ0v) is 7.79. The first-order valence-electron chi connectivity index (χ1n) is 4.83. The van der Waals surface area contributed by atoms with Gasteiger partial charge < -0.3 is 4.74 Å². The van der Waals surface area contributed by atoms with Crippen LogP contribution in [-0.4, -0.2) is 18.4 Å². The molecule has 0 aromatic rings. The molecular weight excluding hydrogens is 168 g/mol. The molecule has 2 aliphatic rings. The Morgan fingerprint density at radius 2 is 2.31 bits per heavy atom. The SMILES string of the molecule is CC(=O)OC[C@@H]1C[C@H]2CC(=O)[C@H]1C2. The third kappa shape index (κ3) is 1.60. The minimum atomic E-state index is -0.241. The van der Waals surface area contributed by atoms with Crippen LogP contribution in [0.5, 0.6) is 0 Å². The number of hydrogen-bond acceptors (Lipinski definition) is 3. The van der Waals surface area contributed by atoms with Gasteiger partial charge in [0.05, 0.1) is 6.61 Å². The lowest BCUT2D eigenvalue weighted by molar-refractivity contribution is -0.144. The third-order valence-electron chi connectivity index (χ3n) is 3.20. The van der Waals surface area contributed by atoms with Crippen LogP contribution >= 0.6 is 0 Å². The molecule has 0 amide bonds. The summed E-state index contributed by atoms with van der Waals surface area (Å²) in [5.41, 5.74) is 0. The summed E-state index contributed by atoms with van der Waals surface area (Å²) < 4.78 is 4.94. The average molecular weight is 182 g/mol. The number of fused-ring (bicyclic) bond motifs is 2. The van der Waals surface area contributed by atoms with E-state index in [0.29, 0.717) is 24.2 Å². The van der Waals surface area contributed by atoms with Gasteiger partial charge >= 0.3 is 5.97 Å². The Balaban J connectivity index is 1.89. The van der Waals surface area contributed by atoms with E-state index < -0.39 is 0 Å². The van der Waals surface area contributed by atoms with Crippen molar-refractivity contribution in [1.82, 2.24) is 0 Å². The van der Waals surface area contributed by atoms with Gasteiger partial charge in [0, 0.05) is 25.2 Å². The Bertz CT molecular complexity index is 247. The van der Waals surface area contributed by atoms with E-state index in [1.165, 1.54) is 6.92 Å². The maximum atomic E-state index is 11.4. The number of ketones is 1. The van der Waals surface area contributed by atoms with E-state index in [9.17, 15) is 9.59 Å². The summed E-state index contributed by atoms with van der Waals surface area (Å²) in [7, 11) is 0. The second-order valence-electron chi connectivity index (χ2n) is 4.18. The topological polar surface area (TPSA) is 43.4 Å². The molecule has 0 spiro atoms. The highest BCUT2D eigenvalue weighted by atomic mass is 16.5. The van der Waals surface area contributed by atoms with Crippen molar-refractivity contribution in [3.8, 4) is 0 Å². The quantitative estimate of drug-likeness (QED) is 0.602. The number of hydrogen-bond donors (Lipinski definition) is 0. The summed E-state index contributed by atoms with van der Waals surface area (Å²) in [5.74, 6) is 1.24. The molecule has 3 nitrogen and oxygen atoms in total. The Labute approximate surface area is 77.4 Å². The van der Waals surface area contributed by atoms with Crippen LogP contribution in [-0.2, 0) is 14.3 Å². The van der Waals surface area contributed by atoms with Crippen LogP contribution in [0.4, 0.5) is 0 Å². The van der Waals surface area contributed by atoms with E-state index in [4.69, 9.17) is 4.74 Å². The number of rotatable bonds is 2. The minimum absolute atomic E-state index is 0.198. The van der Waals surface area contributed by atoms with E-state index in [1.54, 1.807) is 0 Å². The van der Waals surface area contributed by atoms with Crippen molar-refractivity contribution >= 4 is 11.8 Å². The standard InChI is InChI=1S/C10H14O3/c1-6(11)13-5-8-2-7-3-9(8)10(12)4-7/h7-9H,2-5H2,1H3/t7-,8+,9+/m1/s1. The van der Waals surface area contributed by atoms with Gasteiger partial charge in [-0.1, -0.05) is 0 Å². The summed E-state index contributed by atoms with van der Waals surface area (Å²) in [6, 6.07) is 0. The summed E-state index contributed by atoms with van der Waals surface area (Å²) >= 11 is 0. The van der Waals surface area contributed by atoms with E-state index in [0.717, 1.165) is 19.3 Å². The van der Waals surface area contributed by atoms with Crippen LogP contribution in [0.15, 0.2) is 0 Å². The van der Waals surface area contributed by atoms with Gasteiger partial charge in [0.25, 0.3) is 0 Å². The predicted molar refractivity (Wildman–Crippen MR) is 46.0 cm³/mol. The average Bonchev–Trinajstić information content (AvgIpc) is 2.58. The van der Waals surface area contributed by atoms with Gasteiger partial charge in [-0.15, -0.1) is 0 Å². The molecule has 72 valence electrons.